The molecule has 1 fully saturated rings. The van der Waals surface area contributed by atoms with E-state index in [0.717, 1.165) is 18.9 Å². The van der Waals surface area contributed by atoms with Gasteiger partial charge in [0.05, 0.1) is 18.0 Å². The number of aromatic nitrogens is 1. The number of alkyl halides is 4. The van der Waals surface area contributed by atoms with Crippen LogP contribution in [0.15, 0.2) is 17.2 Å². The third kappa shape index (κ3) is 3.55. The molecule has 2 rings (SSSR count). The zero-order valence-corrected chi connectivity index (χ0v) is 11.6. The largest absolute Gasteiger partial charge is 0.390 e. The normalized spacial score (nSPS) is 16.7. The van der Waals surface area contributed by atoms with Crippen molar-refractivity contribution in [3.8, 4) is 0 Å². The Bertz CT molecular complexity index is 611. The van der Waals surface area contributed by atoms with E-state index in [4.69, 9.17) is 5.11 Å². The van der Waals surface area contributed by atoms with Crippen LogP contribution >= 0.6 is 0 Å². The third-order valence-electron chi connectivity index (χ3n) is 3.14. The molecule has 0 unspecified atom stereocenters. The van der Waals surface area contributed by atoms with E-state index in [0.29, 0.717) is 5.69 Å². The van der Waals surface area contributed by atoms with Crippen LogP contribution in [-0.2, 0) is 16.6 Å². The molecule has 2 N–H and O–H groups in total. The SMILES string of the molecule is O=S(=O)(NCC(F)(F)C(F)F)c1cc(CO)n(C2CC2)c1. The maximum absolute atomic E-state index is 12.8. The highest BCUT2D eigenvalue weighted by atomic mass is 32.2. The van der Waals surface area contributed by atoms with Crippen molar-refractivity contribution in [3.63, 3.8) is 0 Å². The van der Waals surface area contributed by atoms with E-state index in [1.165, 1.54) is 10.9 Å². The fourth-order valence-corrected chi connectivity index (χ4v) is 2.91. The van der Waals surface area contributed by atoms with Crippen molar-refractivity contribution in [2.75, 3.05) is 6.54 Å². The van der Waals surface area contributed by atoms with Crippen molar-refractivity contribution >= 4 is 10.0 Å². The molecule has 1 aromatic heterocycles. The van der Waals surface area contributed by atoms with Gasteiger partial charge in [-0.15, -0.1) is 0 Å². The first-order valence-electron chi connectivity index (χ1n) is 6.14. The van der Waals surface area contributed by atoms with Crippen LogP contribution in [0.25, 0.3) is 0 Å². The minimum atomic E-state index is -4.44. The van der Waals surface area contributed by atoms with E-state index in [1.54, 1.807) is 4.57 Å². The van der Waals surface area contributed by atoms with E-state index < -0.39 is 35.5 Å². The quantitative estimate of drug-likeness (QED) is 0.744. The zero-order chi connectivity index (χ0) is 15.8. The van der Waals surface area contributed by atoms with E-state index in [-0.39, 0.29) is 10.9 Å². The van der Waals surface area contributed by atoms with E-state index in [2.05, 4.69) is 0 Å². The van der Waals surface area contributed by atoms with Gasteiger partial charge in [-0.1, -0.05) is 0 Å². The lowest BCUT2D eigenvalue weighted by Crippen LogP contribution is -2.41. The van der Waals surface area contributed by atoms with Crippen LogP contribution in [0.2, 0.25) is 0 Å². The van der Waals surface area contributed by atoms with Gasteiger partial charge in [-0.3, -0.25) is 0 Å². The Morgan fingerprint density at radius 2 is 2.05 bits per heavy atom. The van der Waals surface area contributed by atoms with Crippen molar-refractivity contribution in [3.05, 3.63) is 18.0 Å². The molecule has 120 valence electrons. The summed E-state index contributed by atoms with van der Waals surface area (Å²) < 4.78 is 76.2. The highest BCUT2D eigenvalue weighted by Gasteiger charge is 2.41. The minimum Gasteiger partial charge on any atom is -0.390 e. The second-order valence-corrected chi connectivity index (χ2v) is 6.62. The van der Waals surface area contributed by atoms with Gasteiger partial charge >= 0.3 is 12.3 Å². The molecule has 0 radical (unpaired) electrons. The summed E-state index contributed by atoms with van der Waals surface area (Å²) in [4.78, 5) is -0.330. The average molecular weight is 330 g/mol. The predicted molar refractivity (Wildman–Crippen MR) is 64.8 cm³/mol. The first-order valence-corrected chi connectivity index (χ1v) is 7.63. The predicted octanol–water partition coefficient (Wildman–Crippen LogP) is 1.49. The molecule has 1 aliphatic carbocycles. The number of nitrogens with one attached hydrogen (secondary N) is 1. The number of hydrogen-bond acceptors (Lipinski definition) is 3. The van der Waals surface area contributed by atoms with Gasteiger partial charge in [0.2, 0.25) is 10.0 Å². The number of aliphatic hydroxyl groups excluding tert-OH is 1. The van der Waals surface area contributed by atoms with Crippen LogP contribution in [0.1, 0.15) is 24.6 Å². The highest BCUT2D eigenvalue weighted by Crippen LogP contribution is 2.37. The van der Waals surface area contributed by atoms with E-state index >= 15 is 0 Å². The van der Waals surface area contributed by atoms with Gasteiger partial charge in [0.15, 0.2) is 0 Å². The summed E-state index contributed by atoms with van der Waals surface area (Å²) in [7, 11) is -4.34. The van der Waals surface area contributed by atoms with Crippen LogP contribution < -0.4 is 4.72 Å². The summed E-state index contributed by atoms with van der Waals surface area (Å²) in [6.07, 6.45) is -1.08. The van der Waals surface area contributed by atoms with Crippen molar-refractivity contribution in [2.24, 2.45) is 0 Å². The lowest BCUT2D eigenvalue weighted by molar-refractivity contribution is -0.122. The highest BCUT2D eigenvalue weighted by molar-refractivity contribution is 7.89. The van der Waals surface area contributed by atoms with Crippen molar-refractivity contribution in [2.45, 2.75) is 42.7 Å². The van der Waals surface area contributed by atoms with E-state index in [1.807, 2.05) is 0 Å². The molecule has 0 saturated heterocycles. The topological polar surface area (TPSA) is 71.3 Å². The summed E-state index contributed by atoms with van der Waals surface area (Å²) in [6.45, 7) is -2.09. The smallest absolute Gasteiger partial charge is 0.320 e. The average Bonchev–Trinajstić information content (AvgIpc) is 3.15. The Hall–Kier alpha value is -1.13. The molecule has 0 aliphatic heterocycles. The zero-order valence-electron chi connectivity index (χ0n) is 10.8. The van der Waals surface area contributed by atoms with Gasteiger partial charge in [0.25, 0.3) is 0 Å². The minimum absolute atomic E-state index is 0.0820. The van der Waals surface area contributed by atoms with Gasteiger partial charge < -0.3 is 9.67 Å². The Kier molecular flexibility index (Phi) is 4.31. The first-order chi connectivity index (χ1) is 9.67. The Morgan fingerprint density at radius 3 is 2.52 bits per heavy atom. The molecule has 0 atom stereocenters. The maximum Gasteiger partial charge on any atom is 0.320 e. The lowest BCUT2D eigenvalue weighted by Gasteiger charge is -2.15. The second-order valence-electron chi connectivity index (χ2n) is 4.85. The Morgan fingerprint density at radius 1 is 1.43 bits per heavy atom. The molecule has 5 nitrogen and oxygen atoms in total. The van der Waals surface area contributed by atoms with Crippen molar-refractivity contribution in [1.29, 1.82) is 0 Å². The third-order valence-corrected chi connectivity index (χ3v) is 4.50. The number of aliphatic hydroxyl groups is 1. The molecule has 10 heteroatoms. The summed E-state index contributed by atoms with van der Waals surface area (Å²) in [5.41, 5.74) is 0.332. The molecule has 0 amide bonds. The number of rotatable bonds is 7. The van der Waals surface area contributed by atoms with Crippen LogP contribution in [-0.4, -0.2) is 37.0 Å². The summed E-state index contributed by atoms with van der Waals surface area (Å²) >= 11 is 0. The van der Waals surface area contributed by atoms with Crippen molar-refractivity contribution in [1.82, 2.24) is 9.29 Å². The van der Waals surface area contributed by atoms with Crippen LogP contribution in [0.5, 0.6) is 0 Å². The number of nitrogens with zero attached hydrogens (tertiary/aromatic N) is 1. The number of halogens is 4. The maximum atomic E-state index is 12.8. The fraction of sp³-hybridized carbons (Fsp3) is 0.636. The molecule has 1 aliphatic rings. The van der Waals surface area contributed by atoms with Crippen LogP contribution in [0, 0.1) is 0 Å². The molecule has 21 heavy (non-hydrogen) atoms. The number of sulfonamides is 1. The summed E-state index contributed by atoms with van der Waals surface area (Å²) in [6, 6.07) is 1.22. The second kappa shape index (κ2) is 5.58. The number of hydrogen-bond donors (Lipinski definition) is 2. The Balaban J connectivity index is 2.16. The first kappa shape index (κ1) is 16.2. The molecule has 0 bridgehead atoms. The standard InChI is InChI=1S/C11H14F4N2O3S/c12-10(13)11(14,15)6-16-21(19,20)9-3-8(5-18)17(4-9)7-1-2-7/h3-4,7,10,16,18H,1-2,5-6H2. The molecule has 0 aromatic carbocycles. The van der Waals surface area contributed by atoms with Gasteiger partial charge in [-0.05, 0) is 18.9 Å². The molecule has 1 heterocycles. The molecular weight excluding hydrogens is 316 g/mol. The fourth-order valence-electron chi connectivity index (χ4n) is 1.81. The monoisotopic (exact) mass is 330 g/mol. The van der Waals surface area contributed by atoms with Gasteiger partial charge in [0, 0.05) is 17.9 Å². The van der Waals surface area contributed by atoms with Gasteiger partial charge in [-0.2, -0.15) is 8.78 Å². The molecule has 0 spiro atoms. The lowest BCUT2D eigenvalue weighted by atomic mass is 10.4. The Labute approximate surface area is 118 Å². The van der Waals surface area contributed by atoms with Crippen LogP contribution in [0.4, 0.5) is 17.6 Å². The van der Waals surface area contributed by atoms with Crippen molar-refractivity contribution < 1.29 is 31.1 Å². The molecule has 1 saturated carbocycles. The molecular formula is C11H14F4N2O3S. The van der Waals surface area contributed by atoms with Gasteiger partial charge in [0.1, 0.15) is 0 Å². The van der Waals surface area contributed by atoms with Gasteiger partial charge in [-0.25, -0.2) is 21.9 Å². The van der Waals surface area contributed by atoms with E-state index in [9.17, 15) is 26.0 Å². The summed E-state index contributed by atoms with van der Waals surface area (Å²) in [5, 5.41) is 9.15. The summed E-state index contributed by atoms with van der Waals surface area (Å²) in [5.74, 6) is -4.44. The molecule has 1 aromatic rings. The van der Waals surface area contributed by atoms with Crippen LogP contribution in [0.3, 0.4) is 0 Å².